The molecule has 2 aromatic carbocycles. The molecule has 0 bridgehead atoms. The van der Waals surface area contributed by atoms with Crippen molar-refractivity contribution in [3.63, 3.8) is 0 Å². The summed E-state index contributed by atoms with van der Waals surface area (Å²) < 4.78 is 37.5. The van der Waals surface area contributed by atoms with Crippen LogP contribution < -0.4 is 14.8 Å². The smallest absolute Gasteiger partial charge is 0.243 e. The van der Waals surface area contributed by atoms with E-state index in [2.05, 4.69) is 5.32 Å². The zero-order valence-electron chi connectivity index (χ0n) is 16.3. The van der Waals surface area contributed by atoms with E-state index < -0.39 is 15.9 Å². The predicted molar refractivity (Wildman–Crippen MR) is 108 cm³/mol. The maximum Gasteiger partial charge on any atom is 0.243 e. The Morgan fingerprint density at radius 3 is 1.86 bits per heavy atom. The minimum Gasteiger partial charge on any atom is -0.494 e. The van der Waals surface area contributed by atoms with Gasteiger partial charge in [-0.2, -0.15) is 4.31 Å². The van der Waals surface area contributed by atoms with Crippen molar-refractivity contribution >= 4 is 21.6 Å². The van der Waals surface area contributed by atoms with E-state index >= 15 is 0 Å². The lowest BCUT2D eigenvalue weighted by molar-refractivity contribution is -0.116. The second-order valence-electron chi connectivity index (χ2n) is 5.84. The van der Waals surface area contributed by atoms with Gasteiger partial charge in [-0.1, -0.05) is 6.92 Å². The molecule has 0 aromatic heterocycles. The van der Waals surface area contributed by atoms with Gasteiger partial charge in [0.05, 0.1) is 24.7 Å². The van der Waals surface area contributed by atoms with Gasteiger partial charge in [0.2, 0.25) is 15.9 Å². The van der Waals surface area contributed by atoms with Gasteiger partial charge in [0.1, 0.15) is 11.5 Å². The van der Waals surface area contributed by atoms with Crippen LogP contribution >= 0.6 is 0 Å². The number of amides is 1. The molecule has 0 aliphatic heterocycles. The van der Waals surface area contributed by atoms with Crippen molar-refractivity contribution in [2.24, 2.45) is 0 Å². The monoisotopic (exact) mass is 406 g/mol. The largest absolute Gasteiger partial charge is 0.494 e. The first-order chi connectivity index (χ1) is 13.4. The summed E-state index contributed by atoms with van der Waals surface area (Å²) in [6.07, 6.45) is 0. The van der Waals surface area contributed by atoms with Crippen LogP contribution in [0.15, 0.2) is 53.4 Å². The topological polar surface area (TPSA) is 84.9 Å². The van der Waals surface area contributed by atoms with E-state index in [0.29, 0.717) is 30.4 Å². The van der Waals surface area contributed by atoms with Gasteiger partial charge in [-0.15, -0.1) is 0 Å². The molecule has 0 saturated heterocycles. The van der Waals surface area contributed by atoms with E-state index in [-0.39, 0.29) is 18.0 Å². The van der Waals surface area contributed by atoms with Crippen molar-refractivity contribution in [3.05, 3.63) is 48.5 Å². The average Bonchev–Trinajstić information content (AvgIpc) is 2.68. The normalized spacial score (nSPS) is 11.3. The third kappa shape index (κ3) is 5.71. The van der Waals surface area contributed by atoms with Gasteiger partial charge in [0.25, 0.3) is 0 Å². The fourth-order valence-electron chi connectivity index (χ4n) is 2.55. The van der Waals surface area contributed by atoms with Gasteiger partial charge < -0.3 is 14.8 Å². The lowest BCUT2D eigenvalue weighted by Gasteiger charge is -2.20. The van der Waals surface area contributed by atoms with E-state index in [9.17, 15) is 13.2 Å². The van der Waals surface area contributed by atoms with Crippen LogP contribution in [-0.4, -0.2) is 44.9 Å². The van der Waals surface area contributed by atoms with Gasteiger partial charge in [-0.3, -0.25) is 4.79 Å². The van der Waals surface area contributed by atoms with Crippen LogP contribution in [0.5, 0.6) is 11.5 Å². The molecule has 0 aliphatic rings. The summed E-state index contributed by atoms with van der Waals surface area (Å²) in [5.41, 5.74) is 0.572. The van der Waals surface area contributed by atoms with Gasteiger partial charge in [-0.05, 0) is 62.4 Å². The molecule has 0 unspecified atom stereocenters. The molecule has 0 fully saturated rings. The lowest BCUT2D eigenvalue weighted by atomic mass is 10.3. The van der Waals surface area contributed by atoms with Crippen LogP contribution in [0.25, 0.3) is 0 Å². The number of hydrogen-bond acceptors (Lipinski definition) is 5. The number of benzene rings is 2. The zero-order valence-corrected chi connectivity index (χ0v) is 17.2. The molecule has 2 aromatic rings. The predicted octanol–water partition coefficient (Wildman–Crippen LogP) is 3.13. The van der Waals surface area contributed by atoms with Gasteiger partial charge in [0, 0.05) is 12.2 Å². The molecule has 28 heavy (non-hydrogen) atoms. The van der Waals surface area contributed by atoms with E-state index in [1.807, 2.05) is 13.8 Å². The number of sulfonamides is 1. The van der Waals surface area contributed by atoms with Crippen molar-refractivity contribution in [1.29, 1.82) is 0 Å². The van der Waals surface area contributed by atoms with Gasteiger partial charge >= 0.3 is 0 Å². The summed E-state index contributed by atoms with van der Waals surface area (Å²) in [6, 6.07) is 13.1. The fourth-order valence-corrected chi connectivity index (χ4v) is 3.96. The number of ether oxygens (including phenoxy) is 2. The lowest BCUT2D eigenvalue weighted by Crippen LogP contribution is -2.37. The summed E-state index contributed by atoms with van der Waals surface area (Å²) in [4.78, 5) is 12.5. The number of anilines is 1. The number of likely N-dealkylation sites (N-methyl/N-ethyl adjacent to an activating group) is 1. The number of rotatable bonds is 10. The summed E-state index contributed by atoms with van der Waals surface area (Å²) in [5, 5.41) is 2.70. The molecule has 1 N–H and O–H groups in total. The Hall–Kier alpha value is -2.58. The number of carbonyl (C=O) groups is 1. The van der Waals surface area contributed by atoms with Crippen LogP contribution in [0.3, 0.4) is 0 Å². The molecule has 0 spiro atoms. The highest BCUT2D eigenvalue weighted by atomic mass is 32.2. The molecule has 0 radical (unpaired) electrons. The third-order valence-corrected chi connectivity index (χ3v) is 5.83. The molecule has 0 saturated carbocycles. The van der Waals surface area contributed by atoms with E-state index in [4.69, 9.17) is 9.47 Å². The Kier molecular flexibility index (Phi) is 7.83. The van der Waals surface area contributed by atoms with E-state index in [0.717, 1.165) is 4.31 Å². The molecular weight excluding hydrogens is 380 g/mol. The first kappa shape index (κ1) is 21.7. The highest BCUT2D eigenvalue weighted by Crippen LogP contribution is 2.20. The molecule has 0 aliphatic carbocycles. The van der Waals surface area contributed by atoms with E-state index in [1.54, 1.807) is 43.3 Å². The van der Waals surface area contributed by atoms with Gasteiger partial charge in [0.15, 0.2) is 0 Å². The Bertz CT molecular complexity index is 864. The molecule has 0 heterocycles. The van der Waals surface area contributed by atoms with Crippen molar-refractivity contribution < 1.29 is 22.7 Å². The van der Waals surface area contributed by atoms with Crippen LogP contribution in [0.2, 0.25) is 0 Å². The Balaban J connectivity index is 2.05. The maximum absolute atomic E-state index is 12.8. The summed E-state index contributed by atoms with van der Waals surface area (Å²) in [5.74, 6) is 0.882. The Labute approximate surface area is 166 Å². The quantitative estimate of drug-likeness (QED) is 0.655. The second-order valence-corrected chi connectivity index (χ2v) is 7.78. The minimum absolute atomic E-state index is 0.117. The molecule has 1 amide bonds. The van der Waals surface area contributed by atoms with Crippen LogP contribution in [0.1, 0.15) is 20.8 Å². The second kappa shape index (κ2) is 10.1. The Morgan fingerprint density at radius 1 is 0.893 bits per heavy atom. The molecule has 0 atom stereocenters. The van der Waals surface area contributed by atoms with Crippen LogP contribution in [0, 0.1) is 0 Å². The SMILES string of the molecule is CCOc1ccc(NC(=O)CN(CC)S(=O)(=O)c2ccc(OCC)cc2)cc1. The first-order valence-corrected chi connectivity index (χ1v) is 10.6. The summed E-state index contributed by atoms with van der Waals surface area (Å²) in [7, 11) is -3.79. The number of hydrogen-bond donors (Lipinski definition) is 1. The van der Waals surface area contributed by atoms with Gasteiger partial charge in [-0.25, -0.2) is 8.42 Å². The van der Waals surface area contributed by atoms with E-state index in [1.165, 1.54) is 12.1 Å². The first-order valence-electron chi connectivity index (χ1n) is 9.16. The molecule has 152 valence electrons. The molecule has 8 heteroatoms. The van der Waals surface area contributed by atoms with Crippen molar-refractivity contribution in [2.45, 2.75) is 25.7 Å². The highest BCUT2D eigenvalue weighted by molar-refractivity contribution is 7.89. The number of nitrogens with one attached hydrogen (secondary N) is 1. The maximum atomic E-state index is 12.8. The summed E-state index contributed by atoms with van der Waals surface area (Å²) in [6.45, 7) is 6.38. The number of carbonyl (C=O) groups excluding carboxylic acids is 1. The standard InChI is InChI=1S/C20H26N2O5S/c1-4-22(28(24,25)19-13-11-18(12-14-19)27-6-3)15-20(23)21-16-7-9-17(10-8-16)26-5-2/h7-14H,4-6,15H2,1-3H3,(H,21,23). The van der Waals surface area contributed by atoms with Crippen LogP contribution in [0.4, 0.5) is 5.69 Å². The summed E-state index contributed by atoms with van der Waals surface area (Å²) >= 11 is 0. The molecule has 2 rings (SSSR count). The van der Waals surface area contributed by atoms with Crippen molar-refractivity contribution in [1.82, 2.24) is 4.31 Å². The molecular formula is C20H26N2O5S. The van der Waals surface area contributed by atoms with Crippen molar-refractivity contribution in [2.75, 3.05) is 31.6 Å². The fraction of sp³-hybridized carbons (Fsp3) is 0.350. The average molecular weight is 407 g/mol. The number of nitrogens with zero attached hydrogens (tertiary/aromatic N) is 1. The molecule has 7 nitrogen and oxygen atoms in total. The third-order valence-electron chi connectivity index (χ3n) is 3.89. The minimum atomic E-state index is -3.79. The van der Waals surface area contributed by atoms with Crippen molar-refractivity contribution in [3.8, 4) is 11.5 Å². The highest BCUT2D eigenvalue weighted by Gasteiger charge is 2.25. The van der Waals surface area contributed by atoms with Crippen LogP contribution in [-0.2, 0) is 14.8 Å². The Morgan fingerprint density at radius 2 is 1.39 bits per heavy atom. The zero-order chi connectivity index (χ0) is 20.6.